The fourth-order valence-electron chi connectivity index (χ4n) is 1.93. The first-order valence-corrected chi connectivity index (χ1v) is 7.23. The highest BCUT2D eigenvalue weighted by Crippen LogP contribution is 2.23. The number of hydrogen-bond acceptors (Lipinski definition) is 10. The first-order chi connectivity index (χ1) is 12.8. The Morgan fingerprint density at radius 1 is 0.963 bits per heavy atom. The van der Waals surface area contributed by atoms with Gasteiger partial charge in [0.1, 0.15) is 18.6 Å². The van der Waals surface area contributed by atoms with Gasteiger partial charge in [-0.15, -0.1) is 0 Å². The monoisotopic (exact) mass is 377 g/mol. The Bertz CT molecular complexity index is 867. The largest absolute Gasteiger partial charge is 0.460 e. The van der Waals surface area contributed by atoms with Crippen LogP contribution >= 0.6 is 0 Å². The standard InChI is InChI=1S/C14H11N5O8/c20-14(9-5-11(18(23)24)7-12(6-9)19(25)26)27-4-3-15-13-2-1-10(8-16-13)17(21)22/h1-2,5-8H,3-4H2,(H,15,16). The lowest BCUT2D eigenvalue weighted by molar-refractivity contribution is -0.394. The van der Waals surface area contributed by atoms with E-state index < -0.39 is 32.1 Å². The molecule has 140 valence electrons. The second kappa shape index (κ2) is 8.28. The molecule has 2 aromatic rings. The molecule has 0 fully saturated rings. The summed E-state index contributed by atoms with van der Waals surface area (Å²) in [5, 5.41) is 34.9. The molecule has 0 spiro atoms. The van der Waals surface area contributed by atoms with Crippen molar-refractivity contribution in [3.05, 3.63) is 72.4 Å². The van der Waals surface area contributed by atoms with Gasteiger partial charge < -0.3 is 10.1 Å². The summed E-state index contributed by atoms with van der Waals surface area (Å²) in [5.41, 5.74) is -1.72. The molecular formula is C14H11N5O8. The van der Waals surface area contributed by atoms with E-state index in [2.05, 4.69) is 10.3 Å². The Morgan fingerprint density at radius 2 is 1.56 bits per heavy atom. The van der Waals surface area contributed by atoms with Crippen molar-refractivity contribution in [2.75, 3.05) is 18.5 Å². The highest BCUT2D eigenvalue weighted by atomic mass is 16.6. The molecule has 0 aliphatic carbocycles. The summed E-state index contributed by atoms with van der Waals surface area (Å²) in [6, 6.07) is 5.09. The number of carbonyl (C=O) groups excluding carboxylic acids is 1. The molecule has 0 aliphatic heterocycles. The van der Waals surface area contributed by atoms with Gasteiger partial charge in [0.05, 0.1) is 32.9 Å². The van der Waals surface area contributed by atoms with Crippen molar-refractivity contribution in [2.24, 2.45) is 0 Å². The van der Waals surface area contributed by atoms with Crippen LogP contribution in [0.25, 0.3) is 0 Å². The molecule has 13 heteroatoms. The second-order valence-electron chi connectivity index (χ2n) is 4.97. The van der Waals surface area contributed by atoms with Crippen molar-refractivity contribution < 1.29 is 24.3 Å². The Labute approximate surface area is 150 Å². The maximum atomic E-state index is 11.9. The number of rotatable bonds is 8. The number of aromatic nitrogens is 1. The highest BCUT2D eigenvalue weighted by molar-refractivity contribution is 5.91. The Kier molecular flexibility index (Phi) is 5.88. The minimum absolute atomic E-state index is 0.0908. The summed E-state index contributed by atoms with van der Waals surface area (Å²) in [7, 11) is 0. The number of ether oxygens (including phenoxy) is 1. The van der Waals surface area contributed by atoms with Crippen molar-refractivity contribution >= 4 is 28.8 Å². The summed E-state index contributed by atoms with van der Waals surface area (Å²) < 4.78 is 4.90. The minimum Gasteiger partial charge on any atom is -0.460 e. The van der Waals surface area contributed by atoms with Crippen LogP contribution in [0, 0.1) is 30.3 Å². The van der Waals surface area contributed by atoms with Gasteiger partial charge >= 0.3 is 5.97 Å². The summed E-state index contributed by atoms with van der Waals surface area (Å²) >= 11 is 0. The normalized spacial score (nSPS) is 10.1. The van der Waals surface area contributed by atoms with Gasteiger partial charge in [0.2, 0.25) is 0 Å². The predicted octanol–water partition coefficient (Wildman–Crippen LogP) is 2.08. The van der Waals surface area contributed by atoms with E-state index in [4.69, 9.17) is 4.74 Å². The van der Waals surface area contributed by atoms with Gasteiger partial charge in [0, 0.05) is 18.2 Å². The van der Waals surface area contributed by atoms with Crippen LogP contribution in [0.2, 0.25) is 0 Å². The third kappa shape index (κ3) is 5.15. The lowest BCUT2D eigenvalue weighted by Crippen LogP contribution is -2.14. The van der Waals surface area contributed by atoms with Crippen molar-refractivity contribution in [1.29, 1.82) is 0 Å². The minimum atomic E-state index is -0.972. The Hall–Kier alpha value is -4.16. The molecule has 0 saturated heterocycles. The van der Waals surface area contributed by atoms with E-state index in [0.717, 1.165) is 24.4 Å². The van der Waals surface area contributed by atoms with E-state index in [1.807, 2.05) is 0 Å². The molecule has 0 atom stereocenters. The van der Waals surface area contributed by atoms with Crippen LogP contribution in [0.3, 0.4) is 0 Å². The number of nitro groups is 3. The van der Waals surface area contributed by atoms with Crippen LogP contribution in [0.4, 0.5) is 22.9 Å². The molecule has 0 unspecified atom stereocenters. The number of benzene rings is 1. The van der Waals surface area contributed by atoms with Gasteiger partial charge in [0.25, 0.3) is 17.1 Å². The fourth-order valence-corrected chi connectivity index (χ4v) is 1.93. The highest BCUT2D eigenvalue weighted by Gasteiger charge is 2.20. The molecular weight excluding hydrogens is 366 g/mol. The van der Waals surface area contributed by atoms with E-state index in [-0.39, 0.29) is 24.4 Å². The average molecular weight is 377 g/mol. The SMILES string of the molecule is O=C(OCCNc1ccc([N+](=O)[O-])cn1)c1cc([N+](=O)[O-])cc([N+](=O)[O-])c1. The number of nitrogens with one attached hydrogen (secondary N) is 1. The third-order valence-electron chi connectivity index (χ3n) is 3.16. The quantitative estimate of drug-likeness (QED) is 0.309. The first kappa shape index (κ1) is 19.2. The Balaban J connectivity index is 1.94. The molecule has 0 radical (unpaired) electrons. The van der Waals surface area contributed by atoms with Gasteiger partial charge in [-0.1, -0.05) is 0 Å². The van der Waals surface area contributed by atoms with Crippen molar-refractivity contribution in [3.63, 3.8) is 0 Å². The van der Waals surface area contributed by atoms with E-state index in [1.165, 1.54) is 12.1 Å². The summed E-state index contributed by atoms with van der Waals surface area (Å²) in [4.78, 5) is 45.6. The van der Waals surface area contributed by atoms with Crippen molar-refractivity contribution in [3.8, 4) is 0 Å². The van der Waals surface area contributed by atoms with Gasteiger partial charge in [-0.05, 0) is 6.07 Å². The number of anilines is 1. The number of esters is 1. The summed E-state index contributed by atoms with van der Waals surface area (Å²) in [5.74, 6) is -0.664. The number of nitro benzene ring substituents is 2. The maximum absolute atomic E-state index is 11.9. The zero-order valence-electron chi connectivity index (χ0n) is 13.4. The topological polar surface area (TPSA) is 181 Å². The van der Waals surface area contributed by atoms with E-state index in [1.54, 1.807) is 0 Å². The lowest BCUT2D eigenvalue weighted by Gasteiger charge is -2.07. The van der Waals surface area contributed by atoms with E-state index in [0.29, 0.717) is 5.82 Å². The molecule has 2 rings (SSSR count). The zero-order valence-corrected chi connectivity index (χ0v) is 13.4. The number of non-ortho nitro benzene ring substituents is 2. The van der Waals surface area contributed by atoms with Crippen LogP contribution in [0.15, 0.2) is 36.5 Å². The van der Waals surface area contributed by atoms with Gasteiger partial charge in [-0.3, -0.25) is 30.3 Å². The molecule has 1 heterocycles. The summed E-state index contributed by atoms with van der Waals surface area (Å²) in [6.45, 7) is -0.0818. The van der Waals surface area contributed by atoms with Gasteiger partial charge in [-0.25, -0.2) is 9.78 Å². The molecule has 27 heavy (non-hydrogen) atoms. The van der Waals surface area contributed by atoms with Crippen molar-refractivity contribution in [2.45, 2.75) is 0 Å². The Morgan fingerprint density at radius 3 is 2.04 bits per heavy atom. The first-order valence-electron chi connectivity index (χ1n) is 7.23. The van der Waals surface area contributed by atoms with Gasteiger partial charge in [-0.2, -0.15) is 0 Å². The number of nitrogens with zero attached hydrogens (tertiary/aromatic N) is 4. The number of hydrogen-bond donors (Lipinski definition) is 1. The van der Waals surface area contributed by atoms with Crippen LogP contribution in [-0.4, -0.2) is 38.9 Å². The summed E-state index contributed by atoms with van der Waals surface area (Å²) in [6.07, 6.45) is 1.05. The maximum Gasteiger partial charge on any atom is 0.338 e. The zero-order chi connectivity index (χ0) is 20.0. The second-order valence-corrected chi connectivity index (χ2v) is 4.97. The predicted molar refractivity (Wildman–Crippen MR) is 89.4 cm³/mol. The van der Waals surface area contributed by atoms with Crippen molar-refractivity contribution in [1.82, 2.24) is 4.98 Å². The lowest BCUT2D eigenvalue weighted by atomic mass is 10.2. The molecule has 0 amide bonds. The third-order valence-corrected chi connectivity index (χ3v) is 3.16. The van der Waals surface area contributed by atoms with E-state index in [9.17, 15) is 35.1 Å². The molecule has 1 aromatic carbocycles. The smallest absolute Gasteiger partial charge is 0.338 e. The van der Waals surface area contributed by atoms with Crippen LogP contribution < -0.4 is 5.32 Å². The van der Waals surface area contributed by atoms with Gasteiger partial charge in [0.15, 0.2) is 0 Å². The molecule has 1 N–H and O–H groups in total. The van der Waals surface area contributed by atoms with Crippen LogP contribution in [0.5, 0.6) is 0 Å². The number of pyridine rings is 1. The molecule has 0 bridgehead atoms. The fraction of sp³-hybridized carbons (Fsp3) is 0.143. The molecule has 13 nitrogen and oxygen atoms in total. The molecule has 1 aromatic heterocycles. The average Bonchev–Trinajstić information content (AvgIpc) is 2.64. The van der Waals surface area contributed by atoms with Crippen LogP contribution in [0.1, 0.15) is 10.4 Å². The van der Waals surface area contributed by atoms with Crippen LogP contribution in [-0.2, 0) is 4.74 Å². The molecule has 0 aliphatic rings. The van der Waals surface area contributed by atoms with E-state index >= 15 is 0 Å². The molecule has 0 saturated carbocycles. The number of carbonyl (C=O) groups is 1.